The largest absolute Gasteiger partial charge is 0.462 e. The van der Waals surface area contributed by atoms with E-state index in [-0.39, 0.29) is 31.1 Å². The van der Waals surface area contributed by atoms with Gasteiger partial charge < -0.3 is 14.2 Å². The Kier molecular flexibility index (Phi) is 59.2. The molecular formula is C66H122O6. The molecule has 0 radical (unpaired) electrons. The van der Waals surface area contributed by atoms with Crippen molar-refractivity contribution in [1.82, 2.24) is 0 Å². The minimum absolute atomic E-state index is 0.0722. The molecule has 0 aromatic rings. The van der Waals surface area contributed by atoms with Crippen LogP contribution in [0.3, 0.4) is 0 Å². The van der Waals surface area contributed by atoms with Gasteiger partial charge in [-0.1, -0.05) is 308 Å². The molecular weight excluding hydrogens is 889 g/mol. The third-order valence-corrected chi connectivity index (χ3v) is 14.4. The van der Waals surface area contributed by atoms with Crippen molar-refractivity contribution in [2.24, 2.45) is 0 Å². The number of rotatable bonds is 59. The maximum absolute atomic E-state index is 12.9. The van der Waals surface area contributed by atoms with E-state index >= 15 is 0 Å². The number of unbranched alkanes of at least 4 members (excludes halogenated alkanes) is 42. The molecule has 0 aliphatic carbocycles. The highest BCUT2D eigenvalue weighted by Crippen LogP contribution is 2.18. The van der Waals surface area contributed by atoms with Crippen molar-refractivity contribution in [2.45, 2.75) is 354 Å². The number of esters is 3. The van der Waals surface area contributed by atoms with Gasteiger partial charge in [0.15, 0.2) is 6.10 Å². The highest BCUT2D eigenvalue weighted by molar-refractivity contribution is 5.71. The molecule has 0 fully saturated rings. The first kappa shape index (κ1) is 69.6. The van der Waals surface area contributed by atoms with Crippen LogP contribution in [0.15, 0.2) is 36.5 Å². The molecule has 0 heterocycles. The summed E-state index contributed by atoms with van der Waals surface area (Å²) in [6, 6.07) is 0. The van der Waals surface area contributed by atoms with Gasteiger partial charge in [0.1, 0.15) is 13.2 Å². The third-order valence-electron chi connectivity index (χ3n) is 14.4. The zero-order chi connectivity index (χ0) is 52.2. The minimum atomic E-state index is -0.776. The van der Waals surface area contributed by atoms with Gasteiger partial charge in [0, 0.05) is 19.3 Å². The smallest absolute Gasteiger partial charge is 0.306 e. The molecule has 1 atom stereocenters. The van der Waals surface area contributed by atoms with Crippen molar-refractivity contribution in [3.63, 3.8) is 0 Å². The van der Waals surface area contributed by atoms with Gasteiger partial charge in [-0.25, -0.2) is 0 Å². The lowest BCUT2D eigenvalue weighted by Gasteiger charge is -2.18. The van der Waals surface area contributed by atoms with E-state index in [0.717, 1.165) is 77.0 Å². The van der Waals surface area contributed by atoms with Crippen LogP contribution in [-0.4, -0.2) is 37.2 Å². The molecule has 422 valence electrons. The number of hydrogen-bond donors (Lipinski definition) is 0. The van der Waals surface area contributed by atoms with Crippen LogP contribution in [0.1, 0.15) is 348 Å². The molecule has 6 heteroatoms. The second-order valence-electron chi connectivity index (χ2n) is 21.7. The van der Waals surface area contributed by atoms with Crippen molar-refractivity contribution >= 4 is 17.9 Å². The molecule has 72 heavy (non-hydrogen) atoms. The summed E-state index contributed by atoms with van der Waals surface area (Å²) < 4.78 is 16.9. The maximum Gasteiger partial charge on any atom is 0.306 e. The Morgan fingerprint density at radius 3 is 0.806 bits per heavy atom. The van der Waals surface area contributed by atoms with Gasteiger partial charge >= 0.3 is 17.9 Å². The molecule has 0 aliphatic rings. The van der Waals surface area contributed by atoms with Crippen molar-refractivity contribution in [3.8, 4) is 0 Å². The Hall–Kier alpha value is -2.37. The first-order valence-corrected chi connectivity index (χ1v) is 32.0. The van der Waals surface area contributed by atoms with Crippen LogP contribution in [0, 0.1) is 0 Å². The average Bonchev–Trinajstić information content (AvgIpc) is 3.38. The summed E-state index contributed by atoms with van der Waals surface area (Å²) in [5.74, 6) is -0.860. The SMILES string of the molecule is CCCCC/C=C\C/C=C\C/C=C\CCCCCCCCC(=O)OC(COC(=O)CCCCCCCCCCCCCCC)COC(=O)CCCCCCCCCCCCCCCCCCCCCCCC. The second kappa shape index (κ2) is 61.2. The first-order chi connectivity index (χ1) is 35.5. The maximum atomic E-state index is 12.9. The van der Waals surface area contributed by atoms with Gasteiger partial charge in [-0.3, -0.25) is 14.4 Å². The first-order valence-electron chi connectivity index (χ1n) is 32.0. The number of allylic oxidation sites excluding steroid dienone is 6. The van der Waals surface area contributed by atoms with Gasteiger partial charge in [0.2, 0.25) is 0 Å². The van der Waals surface area contributed by atoms with E-state index < -0.39 is 6.10 Å². The van der Waals surface area contributed by atoms with Gasteiger partial charge in [-0.05, 0) is 57.8 Å². The Morgan fingerprint density at radius 2 is 0.500 bits per heavy atom. The summed E-state index contributed by atoms with van der Waals surface area (Å²) >= 11 is 0. The van der Waals surface area contributed by atoms with Crippen LogP contribution in [-0.2, 0) is 28.6 Å². The fourth-order valence-corrected chi connectivity index (χ4v) is 9.57. The van der Waals surface area contributed by atoms with E-state index in [1.54, 1.807) is 0 Å². The van der Waals surface area contributed by atoms with E-state index in [1.807, 2.05) is 0 Å². The van der Waals surface area contributed by atoms with Gasteiger partial charge in [-0.2, -0.15) is 0 Å². The lowest BCUT2D eigenvalue weighted by Crippen LogP contribution is -2.30. The van der Waals surface area contributed by atoms with E-state index in [2.05, 4.69) is 57.2 Å². The van der Waals surface area contributed by atoms with Crippen LogP contribution in [0.2, 0.25) is 0 Å². The van der Waals surface area contributed by atoms with E-state index in [9.17, 15) is 14.4 Å². The molecule has 0 saturated carbocycles. The molecule has 0 amide bonds. The molecule has 0 aliphatic heterocycles. The fourth-order valence-electron chi connectivity index (χ4n) is 9.57. The Bertz CT molecular complexity index is 1210. The molecule has 0 N–H and O–H groups in total. The lowest BCUT2D eigenvalue weighted by molar-refractivity contribution is -0.167. The highest BCUT2D eigenvalue weighted by atomic mass is 16.6. The Labute approximate surface area is 448 Å². The second-order valence-corrected chi connectivity index (χ2v) is 21.7. The fraction of sp³-hybridized carbons (Fsp3) is 0.864. The predicted octanol–water partition coefficient (Wildman–Crippen LogP) is 21.6. The predicted molar refractivity (Wildman–Crippen MR) is 312 cm³/mol. The topological polar surface area (TPSA) is 78.9 Å². The molecule has 0 aromatic heterocycles. The van der Waals surface area contributed by atoms with Crippen LogP contribution in [0.4, 0.5) is 0 Å². The van der Waals surface area contributed by atoms with Crippen LogP contribution in [0.5, 0.6) is 0 Å². The van der Waals surface area contributed by atoms with Crippen LogP contribution >= 0.6 is 0 Å². The molecule has 1 unspecified atom stereocenters. The van der Waals surface area contributed by atoms with Crippen molar-refractivity contribution in [2.75, 3.05) is 13.2 Å². The molecule has 0 rings (SSSR count). The summed E-state index contributed by atoms with van der Waals surface area (Å²) in [4.78, 5) is 38.3. The third kappa shape index (κ3) is 58.5. The molecule has 6 nitrogen and oxygen atoms in total. The van der Waals surface area contributed by atoms with Gasteiger partial charge in [0.25, 0.3) is 0 Å². The van der Waals surface area contributed by atoms with E-state index in [0.29, 0.717) is 19.3 Å². The quantitative estimate of drug-likeness (QED) is 0.0261. The van der Waals surface area contributed by atoms with Crippen molar-refractivity contribution in [1.29, 1.82) is 0 Å². The molecule has 0 spiro atoms. The molecule has 0 aromatic carbocycles. The summed E-state index contributed by atoms with van der Waals surface area (Å²) in [7, 11) is 0. The van der Waals surface area contributed by atoms with Gasteiger partial charge in [-0.15, -0.1) is 0 Å². The standard InChI is InChI=1S/C66H122O6/c1-4-7-10-13-16-19-22-25-27-29-31-32-33-35-36-38-41-44-47-50-53-56-59-65(68)71-62-63(61-70-64(67)58-55-52-49-46-43-40-24-21-18-15-12-9-6-3)72-66(69)60-57-54-51-48-45-42-39-37-34-30-28-26-23-20-17-14-11-8-5-2/h17,20,26,28,34,37,63H,4-16,18-19,21-25,27,29-33,35-36,38-62H2,1-3H3/b20-17-,28-26-,37-34-. The lowest BCUT2D eigenvalue weighted by atomic mass is 10.0. The van der Waals surface area contributed by atoms with E-state index in [1.165, 1.54) is 231 Å². The number of ether oxygens (including phenoxy) is 3. The Morgan fingerprint density at radius 1 is 0.278 bits per heavy atom. The Balaban J connectivity index is 4.29. The number of carbonyl (C=O) groups is 3. The summed E-state index contributed by atoms with van der Waals surface area (Å²) in [6.45, 7) is 6.66. The van der Waals surface area contributed by atoms with E-state index in [4.69, 9.17) is 14.2 Å². The summed E-state index contributed by atoms with van der Waals surface area (Å²) in [5.41, 5.74) is 0. The highest BCUT2D eigenvalue weighted by Gasteiger charge is 2.19. The minimum Gasteiger partial charge on any atom is -0.462 e. The van der Waals surface area contributed by atoms with Crippen molar-refractivity contribution in [3.05, 3.63) is 36.5 Å². The zero-order valence-corrected chi connectivity index (χ0v) is 48.5. The average molecular weight is 1010 g/mol. The van der Waals surface area contributed by atoms with Gasteiger partial charge in [0.05, 0.1) is 0 Å². The van der Waals surface area contributed by atoms with Crippen molar-refractivity contribution < 1.29 is 28.6 Å². The normalized spacial score (nSPS) is 12.2. The number of carbonyl (C=O) groups excluding carboxylic acids is 3. The monoisotopic (exact) mass is 1010 g/mol. The zero-order valence-electron chi connectivity index (χ0n) is 48.5. The summed E-state index contributed by atoms with van der Waals surface area (Å²) in [6.07, 6.45) is 74.3. The van der Waals surface area contributed by atoms with Crippen LogP contribution in [0.25, 0.3) is 0 Å². The van der Waals surface area contributed by atoms with Crippen LogP contribution < -0.4 is 0 Å². The molecule has 0 bridgehead atoms. The molecule has 0 saturated heterocycles. The number of hydrogen-bond acceptors (Lipinski definition) is 6. The summed E-state index contributed by atoms with van der Waals surface area (Å²) in [5, 5.41) is 0.